The predicted molar refractivity (Wildman–Crippen MR) is 75.2 cm³/mol. The molecule has 18 heavy (non-hydrogen) atoms. The lowest BCUT2D eigenvalue weighted by molar-refractivity contribution is 0.632. The molecule has 92 valence electrons. The Morgan fingerprint density at radius 2 is 1.89 bits per heavy atom. The highest BCUT2D eigenvalue weighted by atomic mass is 32.1. The van der Waals surface area contributed by atoms with Gasteiger partial charge in [-0.1, -0.05) is 18.2 Å². The van der Waals surface area contributed by atoms with Crippen LogP contribution in [-0.2, 0) is 0 Å². The smallest absolute Gasteiger partial charge is 0.176 e. The molecule has 0 atom stereocenters. The van der Waals surface area contributed by atoms with Gasteiger partial charge in [0.25, 0.3) is 0 Å². The molecule has 3 nitrogen and oxygen atoms in total. The van der Waals surface area contributed by atoms with Gasteiger partial charge in [-0.2, -0.15) is 0 Å². The van der Waals surface area contributed by atoms with Crippen molar-refractivity contribution < 1.29 is 4.39 Å². The Bertz CT molecular complexity index is 572. The van der Waals surface area contributed by atoms with Crippen LogP contribution in [0.25, 0.3) is 0 Å². The Hall–Kier alpha value is -2.01. The number of thiocarbonyl (C=S) groups is 1. The maximum Gasteiger partial charge on any atom is 0.176 e. The summed E-state index contributed by atoms with van der Waals surface area (Å²) < 4.78 is 13.4. The van der Waals surface area contributed by atoms with E-state index < -0.39 is 0 Å². The Morgan fingerprint density at radius 3 is 2.61 bits per heavy atom. The Balaban J connectivity index is 2.03. The van der Waals surface area contributed by atoms with Gasteiger partial charge in [0.05, 0.1) is 5.69 Å². The van der Waals surface area contributed by atoms with E-state index in [1.165, 1.54) is 6.07 Å². The molecule has 0 unspecified atom stereocenters. The molecule has 0 bridgehead atoms. The number of rotatable bonds is 2. The highest BCUT2D eigenvalue weighted by Crippen LogP contribution is 2.13. The van der Waals surface area contributed by atoms with Gasteiger partial charge in [-0.05, 0) is 43.4 Å². The molecule has 1 aromatic heterocycles. The molecule has 5 heteroatoms. The summed E-state index contributed by atoms with van der Waals surface area (Å²) in [6.07, 6.45) is 0. The van der Waals surface area contributed by atoms with Crippen LogP contribution in [0.5, 0.6) is 0 Å². The van der Waals surface area contributed by atoms with E-state index in [2.05, 4.69) is 15.6 Å². The highest BCUT2D eigenvalue weighted by molar-refractivity contribution is 7.80. The quantitative estimate of drug-likeness (QED) is 0.813. The van der Waals surface area contributed by atoms with E-state index in [-0.39, 0.29) is 5.82 Å². The van der Waals surface area contributed by atoms with Crippen LogP contribution in [0.4, 0.5) is 15.9 Å². The Morgan fingerprint density at radius 1 is 1.11 bits per heavy atom. The number of anilines is 2. The van der Waals surface area contributed by atoms with Crippen LogP contribution in [0.15, 0.2) is 42.5 Å². The molecule has 0 radical (unpaired) electrons. The van der Waals surface area contributed by atoms with Gasteiger partial charge in [0.15, 0.2) is 5.11 Å². The van der Waals surface area contributed by atoms with Crippen molar-refractivity contribution in [2.75, 3.05) is 10.6 Å². The van der Waals surface area contributed by atoms with E-state index in [9.17, 15) is 4.39 Å². The number of hydrogen-bond donors (Lipinski definition) is 2. The summed E-state index contributed by atoms with van der Waals surface area (Å²) in [5.74, 6) is 0.280. The van der Waals surface area contributed by atoms with Gasteiger partial charge in [-0.25, -0.2) is 9.37 Å². The molecular formula is C13H12FN3S. The first-order chi connectivity index (χ1) is 8.65. The molecule has 0 aliphatic carbocycles. The minimum absolute atomic E-state index is 0.304. The minimum atomic E-state index is -0.348. The number of hydrogen-bond acceptors (Lipinski definition) is 2. The van der Waals surface area contributed by atoms with Crippen LogP contribution >= 0.6 is 12.2 Å². The van der Waals surface area contributed by atoms with Crippen LogP contribution < -0.4 is 10.6 Å². The van der Waals surface area contributed by atoms with Gasteiger partial charge in [0, 0.05) is 5.69 Å². The zero-order chi connectivity index (χ0) is 13.0. The monoisotopic (exact) mass is 261 g/mol. The molecule has 2 rings (SSSR count). The summed E-state index contributed by atoms with van der Waals surface area (Å²) in [5.41, 5.74) is 1.22. The fourth-order valence-electron chi connectivity index (χ4n) is 1.45. The molecule has 0 aliphatic rings. The van der Waals surface area contributed by atoms with E-state index in [4.69, 9.17) is 12.2 Å². The molecule has 0 saturated carbocycles. The third-order valence-electron chi connectivity index (χ3n) is 2.25. The van der Waals surface area contributed by atoms with Gasteiger partial charge in [0.1, 0.15) is 11.6 Å². The number of para-hydroxylation sites is 1. The van der Waals surface area contributed by atoms with Gasteiger partial charge in [-0.3, -0.25) is 0 Å². The van der Waals surface area contributed by atoms with Gasteiger partial charge < -0.3 is 10.6 Å². The Labute approximate surface area is 110 Å². The first-order valence-electron chi connectivity index (χ1n) is 5.41. The van der Waals surface area contributed by atoms with Crippen LogP contribution in [-0.4, -0.2) is 10.1 Å². The van der Waals surface area contributed by atoms with Gasteiger partial charge >= 0.3 is 0 Å². The second-order valence-electron chi connectivity index (χ2n) is 3.72. The second-order valence-corrected chi connectivity index (χ2v) is 4.13. The van der Waals surface area contributed by atoms with Crippen molar-refractivity contribution in [2.24, 2.45) is 0 Å². The molecule has 0 saturated heterocycles. The first-order valence-corrected chi connectivity index (χ1v) is 5.82. The molecule has 0 amide bonds. The van der Waals surface area contributed by atoms with Crippen molar-refractivity contribution in [2.45, 2.75) is 6.92 Å². The van der Waals surface area contributed by atoms with Crippen LogP contribution in [0.2, 0.25) is 0 Å². The van der Waals surface area contributed by atoms with E-state index in [0.717, 1.165) is 5.69 Å². The van der Waals surface area contributed by atoms with Crippen molar-refractivity contribution in [3.05, 3.63) is 54.0 Å². The fraction of sp³-hybridized carbons (Fsp3) is 0.0769. The zero-order valence-electron chi connectivity index (χ0n) is 9.77. The fourth-order valence-corrected chi connectivity index (χ4v) is 1.66. The maximum atomic E-state index is 13.4. The third-order valence-corrected chi connectivity index (χ3v) is 2.46. The standard InChI is InChI=1S/C13H12FN3S/c1-9-5-4-8-12(15-9)17-13(18)16-11-7-3-2-6-10(11)14/h2-8H,1H3,(H2,15,16,17,18). The average molecular weight is 261 g/mol. The summed E-state index contributed by atoms with van der Waals surface area (Å²) in [7, 11) is 0. The molecular weight excluding hydrogens is 249 g/mol. The zero-order valence-corrected chi connectivity index (χ0v) is 10.6. The number of aryl methyl sites for hydroxylation is 1. The number of halogens is 1. The molecule has 0 aliphatic heterocycles. The van der Waals surface area contributed by atoms with Gasteiger partial charge in [0.2, 0.25) is 0 Å². The number of nitrogens with one attached hydrogen (secondary N) is 2. The Kier molecular flexibility index (Phi) is 3.84. The van der Waals surface area contributed by atoms with Crippen molar-refractivity contribution in [1.29, 1.82) is 0 Å². The molecule has 2 N–H and O–H groups in total. The number of aromatic nitrogens is 1. The lowest BCUT2D eigenvalue weighted by Crippen LogP contribution is -2.20. The SMILES string of the molecule is Cc1cccc(NC(=S)Nc2ccccc2F)n1. The number of pyridine rings is 1. The summed E-state index contributed by atoms with van der Waals surface area (Å²) >= 11 is 5.09. The summed E-state index contributed by atoms with van der Waals surface area (Å²) in [6, 6.07) is 11.9. The number of benzene rings is 1. The van der Waals surface area contributed by atoms with Crippen molar-refractivity contribution in [1.82, 2.24) is 4.98 Å². The van der Waals surface area contributed by atoms with Crippen LogP contribution in [0.1, 0.15) is 5.69 Å². The first kappa shape index (κ1) is 12.4. The lowest BCUT2D eigenvalue weighted by atomic mass is 10.3. The van der Waals surface area contributed by atoms with E-state index in [1.807, 2.05) is 19.1 Å². The van der Waals surface area contributed by atoms with Crippen molar-refractivity contribution >= 4 is 28.8 Å². The highest BCUT2D eigenvalue weighted by Gasteiger charge is 2.03. The maximum absolute atomic E-state index is 13.4. The van der Waals surface area contributed by atoms with E-state index in [0.29, 0.717) is 16.6 Å². The van der Waals surface area contributed by atoms with Crippen LogP contribution in [0, 0.1) is 12.7 Å². The summed E-state index contributed by atoms with van der Waals surface area (Å²) in [6.45, 7) is 1.89. The van der Waals surface area contributed by atoms with Crippen molar-refractivity contribution in [3.63, 3.8) is 0 Å². The van der Waals surface area contributed by atoms with Crippen LogP contribution in [0.3, 0.4) is 0 Å². The third kappa shape index (κ3) is 3.24. The molecule has 0 spiro atoms. The molecule has 1 aromatic carbocycles. The number of nitrogens with zero attached hydrogens (tertiary/aromatic N) is 1. The van der Waals surface area contributed by atoms with E-state index >= 15 is 0 Å². The largest absolute Gasteiger partial charge is 0.330 e. The lowest BCUT2D eigenvalue weighted by Gasteiger charge is -2.10. The van der Waals surface area contributed by atoms with Crippen molar-refractivity contribution in [3.8, 4) is 0 Å². The molecule has 1 heterocycles. The molecule has 0 fully saturated rings. The minimum Gasteiger partial charge on any atom is -0.330 e. The average Bonchev–Trinajstić information content (AvgIpc) is 2.32. The molecule has 2 aromatic rings. The summed E-state index contributed by atoms with van der Waals surface area (Å²) in [4.78, 5) is 4.24. The predicted octanol–water partition coefficient (Wildman–Crippen LogP) is 3.34. The van der Waals surface area contributed by atoms with E-state index in [1.54, 1.807) is 24.3 Å². The summed E-state index contributed by atoms with van der Waals surface area (Å²) in [5, 5.41) is 5.99. The second kappa shape index (κ2) is 5.55. The normalized spacial score (nSPS) is 9.89. The van der Waals surface area contributed by atoms with Gasteiger partial charge in [-0.15, -0.1) is 0 Å². The topological polar surface area (TPSA) is 37.0 Å².